The fraction of sp³-hybridized carbons (Fsp3) is 0.350. The van der Waals surface area contributed by atoms with E-state index in [-0.39, 0.29) is 18.0 Å². The van der Waals surface area contributed by atoms with Crippen LogP contribution in [0.25, 0.3) is 10.2 Å². The van der Waals surface area contributed by atoms with E-state index in [1.54, 1.807) is 11.3 Å². The Hall–Kier alpha value is -2.47. The summed E-state index contributed by atoms with van der Waals surface area (Å²) in [4.78, 5) is 31.8. The molecule has 6 heteroatoms. The average Bonchev–Trinajstić information content (AvgIpc) is 3.03. The van der Waals surface area contributed by atoms with Crippen LogP contribution in [0.15, 0.2) is 35.4 Å². The maximum absolute atomic E-state index is 12.9. The lowest BCUT2D eigenvalue weighted by Gasteiger charge is -2.11. The van der Waals surface area contributed by atoms with Crippen LogP contribution >= 0.6 is 11.3 Å². The molecule has 0 saturated heterocycles. The zero-order chi connectivity index (χ0) is 18.1. The van der Waals surface area contributed by atoms with Crippen LogP contribution in [-0.4, -0.2) is 15.5 Å². The maximum Gasteiger partial charge on any atom is 0.262 e. The number of carbonyl (C=O) groups is 1. The van der Waals surface area contributed by atoms with Gasteiger partial charge in [0.1, 0.15) is 11.4 Å². The fourth-order valence-electron chi connectivity index (χ4n) is 3.52. The van der Waals surface area contributed by atoms with Gasteiger partial charge in [0.25, 0.3) is 5.56 Å². The Bertz CT molecular complexity index is 1040. The minimum Gasteiger partial charge on any atom is -0.325 e. The number of aryl methyl sites for hydroxylation is 3. The zero-order valence-corrected chi connectivity index (χ0v) is 15.6. The molecule has 3 aromatic rings. The molecule has 26 heavy (non-hydrogen) atoms. The predicted octanol–water partition coefficient (Wildman–Crippen LogP) is 3.54. The summed E-state index contributed by atoms with van der Waals surface area (Å²) < 4.78 is 1.42. The van der Waals surface area contributed by atoms with Gasteiger partial charge in [-0.15, -0.1) is 11.3 Å². The number of nitrogens with one attached hydrogen (secondary N) is 1. The second-order valence-electron chi connectivity index (χ2n) is 6.67. The molecule has 1 aliphatic rings. The van der Waals surface area contributed by atoms with Gasteiger partial charge in [0.2, 0.25) is 5.91 Å². The second-order valence-corrected chi connectivity index (χ2v) is 7.75. The number of benzene rings is 1. The zero-order valence-electron chi connectivity index (χ0n) is 14.7. The first-order valence-corrected chi connectivity index (χ1v) is 9.86. The van der Waals surface area contributed by atoms with Crippen LogP contribution in [0.2, 0.25) is 0 Å². The van der Waals surface area contributed by atoms with Gasteiger partial charge in [0, 0.05) is 10.6 Å². The van der Waals surface area contributed by atoms with Crippen molar-refractivity contribution in [3.63, 3.8) is 0 Å². The lowest BCUT2D eigenvalue weighted by molar-refractivity contribution is -0.116. The normalized spacial score (nSPS) is 13.6. The molecule has 0 fully saturated rings. The summed E-state index contributed by atoms with van der Waals surface area (Å²) in [5.41, 5.74) is 2.96. The number of thiophene rings is 1. The molecule has 2 heterocycles. The number of fused-ring (bicyclic) bond motifs is 3. The highest BCUT2D eigenvalue weighted by Gasteiger charge is 2.20. The van der Waals surface area contributed by atoms with Crippen LogP contribution < -0.4 is 10.9 Å². The quantitative estimate of drug-likeness (QED) is 0.767. The van der Waals surface area contributed by atoms with Crippen molar-refractivity contribution in [2.75, 3.05) is 5.32 Å². The van der Waals surface area contributed by atoms with E-state index in [0.29, 0.717) is 5.39 Å². The molecular formula is C20H21N3O2S. The van der Waals surface area contributed by atoms with Crippen LogP contribution in [0.3, 0.4) is 0 Å². The minimum atomic E-state index is -0.217. The molecule has 0 bridgehead atoms. The Kier molecular flexibility index (Phi) is 4.59. The van der Waals surface area contributed by atoms with Crippen LogP contribution in [0.1, 0.15) is 35.8 Å². The summed E-state index contributed by atoms with van der Waals surface area (Å²) in [6.45, 7) is 2.05. The number of anilines is 1. The van der Waals surface area contributed by atoms with Crippen LogP contribution in [0.5, 0.6) is 0 Å². The molecule has 1 aliphatic carbocycles. The van der Waals surface area contributed by atoms with Crippen molar-refractivity contribution in [3.05, 3.63) is 57.0 Å². The van der Waals surface area contributed by atoms with Crippen molar-refractivity contribution in [1.29, 1.82) is 0 Å². The third-order valence-corrected chi connectivity index (χ3v) is 6.07. The standard InChI is InChI=1S/C20H21N3O2S/c1-2-13-6-5-7-14(10-13)22-17(24)11-23-12-21-19-18(20(23)25)15-8-3-4-9-16(15)26-19/h5-7,10,12H,2-4,8-9,11H2,1H3,(H,22,24). The van der Waals surface area contributed by atoms with Gasteiger partial charge in [-0.2, -0.15) is 0 Å². The van der Waals surface area contributed by atoms with Gasteiger partial charge in [-0.05, 0) is 55.4 Å². The largest absolute Gasteiger partial charge is 0.325 e. The molecule has 0 saturated carbocycles. The number of rotatable bonds is 4. The molecule has 5 nitrogen and oxygen atoms in total. The van der Waals surface area contributed by atoms with E-state index >= 15 is 0 Å². The highest BCUT2D eigenvalue weighted by atomic mass is 32.1. The Morgan fingerprint density at radius 3 is 3.00 bits per heavy atom. The third-order valence-electron chi connectivity index (χ3n) is 4.87. The molecular weight excluding hydrogens is 346 g/mol. The fourth-order valence-corrected chi connectivity index (χ4v) is 4.74. The number of nitrogens with zero attached hydrogens (tertiary/aromatic N) is 2. The average molecular weight is 367 g/mol. The first-order valence-electron chi connectivity index (χ1n) is 9.04. The predicted molar refractivity (Wildman–Crippen MR) is 105 cm³/mol. The summed E-state index contributed by atoms with van der Waals surface area (Å²) >= 11 is 1.62. The summed E-state index contributed by atoms with van der Waals surface area (Å²) in [6, 6.07) is 7.76. The molecule has 134 valence electrons. The highest BCUT2D eigenvalue weighted by molar-refractivity contribution is 7.18. The number of aromatic nitrogens is 2. The van der Waals surface area contributed by atoms with E-state index in [4.69, 9.17) is 0 Å². The number of carbonyl (C=O) groups excluding carboxylic acids is 1. The molecule has 1 N–H and O–H groups in total. The smallest absolute Gasteiger partial charge is 0.262 e. The van der Waals surface area contributed by atoms with E-state index in [0.717, 1.165) is 47.3 Å². The SMILES string of the molecule is CCc1cccc(NC(=O)Cn2cnc3sc4c(c3c2=O)CCCC4)c1. The van der Waals surface area contributed by atoms with E-state index in [9.17, 15) is 9.59 Å². The molecule has 1 amide bonds. The van der Waals surface area contributed by atoms with Gasteiger partial charge in [-0.3, -0.25) is 14.2 Å². The lowest BCUT2D eigenvalue weighted by Crippen LogP contribution is -2.28. The van der Waals surface area contributed by atoms with E-state index < -0.39 is 0 Å². The lowest BCUT2D eigenvalue weighted by atomic mass is 9.97. The van der Waals surface area contributed by atoms with E-state index in [1.165, 1.54) is 22.2 Å². The maximum atomic E-state index is 12.9. The van der Waals surface area contributed by atoms with Crippen molar-refractivity contribution in [2.24, 2.45) is 0 Å². The Labute approximate surface area is 155 Å². The van der Waals surface area contributed by atoms with E-state index in [1.807, 2.05) is 24.3 Å². The molecule has 1 aromatic carbocycles. The Balaban J connectivity index is 1.59. The van der Waals surface area contributed by atoms with Gasteiger partial charge >= 0.3 is 0 Å². The number of hydrogen-bond donors (Lipinski definition) is 1. The second kappa shape index (κ2) is 7.03. The first kappa shape index (κ1) is 17.0. The van der Waals surface area contributed by atoms with Crippen LogP contribution in [0.4, 0.5) is 5.69 Å². The van der Waals surface area contributed by atoms with Crippen molar-refractivity contribution < 1.29 is 4.79 Å². The Morgan fingerprint density at radius 1 is 1.31 bits per heavy atom. The summed E-state index contributed by atoms with van der Waals surface area (Å²) in [7, 11) is 0. The minimum absolute atomic E-state index is 0.0251. The number of amides is 1. The monoisotopic (exact) mass is 367 g/mol. The molecule has 0 radical (unpaired) electrons. The molecule has 0 unspecified atom stereocenters. The molecule has 2 aromatic heterocycles. The van der Waals surface area contributed by atoms with Gasteiger partial charge in [-0.1, -0.05) is 19.1 Å². The van der Waals surface area contributed by atoms with Crippen molar-refractivity contribution >= 4 is 33.1 Å². The van der Waals surface area contributed by atoms with E-state index in [2.05, 4.69) is 17.2 Å². The van der Waals surface area contributed by atoms with Gasteiger partial charge < -0.3 is 5.32 Å². The van der Waals surface area contributed by atoms with Crippen molar-refractivity contribution in [1.82, 2.24) is 9.55 Å². The van der Waals surface area contributed by atoms with Crippen LogP contribution in [-0.2, 0) is 30.6 Å². The topological polar surface area (TPSA) is 64.0 Å². The molecule has 0 spiro atoms. The Morgan fingerprint density at radius 2 is 2.15 bits per heavy atom. The highest BCUT2D eigenvalue weighted by Crippen LogP contribution is 2.33. The molecule has 0 atom stereocenters. The van der Waals surface area contributed by atoms with Crippen LogP contribution in [0, 0.1) is 0 Å². The molecule has 4 rings (SSSR count). The van der Waals surface area contributed by atoms with Crippen molar-refractivity contribution in [2.45, 2.75) is 45.6 Å². The summed E-state index contributed by atoms with van der Waals surface area (Å²) in [6.07, 6.45) is 6.66. The summed E-state index contributed by atoms with van der Waals surface area (Å²) in [5, 5.41) is 3.59. The van der Waals surface area contributed by atoms with Gasteiger partial charge in [0.05, 0.1) is 11.7 Å². The molecule has 0 aliphatic heterocycles. The van der Waals surface area contributed by atoms with Crippen molar-refractivity contribution in [3.8, 4) is 0 Å². The van der Waals surface area contributed by atoms with Gasteiger partial charge in [0.15, 0.2) is 0 Å². The third kappa shape index (κ3) is 3.17. The summed E-state index contributed by atoms with van der Waals surface area (Å²) in [5.74, 6) is -0.217. The van der Waals surface area contributed by atoms with Gasteiger partial charge in [-0.25, -0.2) is 4.98 Å². The number of hydrogen-bond acceptors (Lipinski definition) is 4. The first-order chi connectivity index (χ1) is 12.7.